The lowest BCUT2D eigenvalue weighted by atomic mass is 10.2. The van der Waals surface area contributed by atoms with E-state index in [2.05, 4.69) is 20.5 Å². The normalized spacial score (nSPS) is 22.0. The highest BCUT2D eigenvalue weighted by Crippen LogP contribution is 2.08. The minimum absolute atomic E-state index is 0.287. The van der Waals surface area contributed by atoms with Crippen LogP contribution in [0.2, 0.25) is 0 Å². The molecule has 0 bridgehead atoms. The third-order valence-corrected chi connectivity index (χ3v) is 3.05. The first-order valence-electron chi connectivity index (χ1n) is 6.15. The van der Waals surface area contributed by atoms with Crippen LogP contribution in [0.25, 0.3) is 0 Å². The molecule has 2 aliphatic heterocycles. The van der Waals surface area contributed by atoms with Crippen LogP contribution in [0.5, 0.6) is 0 Å². The average molecular weight is 238 g/mol. The second-order valence-electron chi connectivity index (χ2n) is 4.39. The highest BCUT2D eigenvalue weighted by atomic mass is 16.2. The quantitative estimate of drug-likeness (QED) is 0.649. The van der Waals surface area contributed by atoms with E-state index in [0.29, 0.717) is 6.54 Å². The number of aliphatic imine (C=N–C) groups is 1. The average Bonchev–Trinajstić information content (AvgIpc) is 2.55. The first kappa shape index (κ1) is 12.0. The minimum atomic E-state index is -0.626. The Labute approximate surface area is 100 Å². The summed E-state index contributed by atoms with van der Waals surface area (Å²) >= 11 is 0. The Bertz CT molecular complexity index is 314. The molecule has 2 amide bonds. The van der Waals surface area contributed by atoms with E-state index >= 15 is 0 Å². The van der Waals surface area contributed by atoms with E-state index in [1.807, 2.05) is 0 Å². The van der Waals surface area contributed by atoms with E-state index in [9.17, 15) is 9.59 Å². The molecule has 0 unspecified atom stereocenters. The number of rotatable bonds is 3. The lowest BCUT2D eigenvalue weighted by molar-refractivity contribution is -0.135. The largest absolute Gasteiger partial charge is 0.316 e. The second-order valence-corrected chi connectivity index (χ2v) is 4.39. The van der Waals surface area contributed by atoms with Gasteiger partial charge in [-0.1, -0.05) is 12.8 Å². The first-order chi connectivity index (χ1) is 8.25. The first-order valence-corrected chi connectivity index (χ1v) is 6.15. The van der Waals surface area contributed by atoms with Crippen molar-refractivity contribution < 1.29 is 9.59 Å². The van der Waals surface area contributed by atoms with Gasteiger partial charge in [0.2, 0.25) is 5.96 Å². The van der Waals surface area contributed by atoms with Gasteiger partial charge < -0.3 is 4.90 Å². The second kappa shape index (κ2) is 5.77. The SMILES string of the molecule is O=C1NC(=NCCN2CCCCCC2)NC1=O. The summed E-state index contributed by atoms with van der Waals surface area (Å²) in [6.45, 7) is 3.75. The van der Waals surface area contributed by atoms with E-state index in [1.165, 1.54) is 25.7 Å². The zero-order valence-corrected chi connectivity index (χ0v) is 9.87. The van der Waals surface area contributed by atoms with Crippen LogP contribution < -0.4 is 10.6 Å². The zero-order valence-electron chi connectivity index (χ0n) is 9.87. The molecule has 94 valence electrons. The Kier molecular flexibility index (Phi) is 4.08. The Hall–Kier alpha value is -1.43. The zero-order chi connectivity index (χ0) is 12.1. The van der Waals surface area contributed by atoms with Crippen LogP contribution in [-0.4, -0.2) is 48.9 Å². The van der Waals surface area contributed by atoms with Crippen molar-refractivity contribution in [3.8, 4) is 0 Å². The predicted molar refractivity (Wildman–Crippen MR) is 63.5 cm³/mol. The maximum absolute atomic E-state index is 10.9. The molecule has 2 rings (SSSR count). The molecule has 0 aromatic carbocycles. The van der Waals surface area contributed by atoms with Crippen LogP contribution in [0.15, 0.2) is 4.99 Å². The molecule has 6 heteroatoms. The number of hydrogen-bond donors (Lipinski definition) is 2. The molecular formula is C11H18N4O2. The summed E-state index contributed by atoms with van der Waals surface area (Å²) in [7, 11) is 0. The molecule has 2 fully saturated rings. The maximum Gasteiger partial charge on any atom is 0.316 e. The van der Waals surface area contributed by atoms with E-state index in [-0.39, 0.29) is 5.96 Å². The van der Waals surface area contributed by atoms with Gasteiger partial charge in [0.05, 0.1) is 6.54 Å². The van der Waals surface area contributed by atoms with Crippen molar-refractivity contribution in [3.63, 3.8) is 0 Å². The van der Waals surface area contributed by atoms with E-state index < -0.39 is 11.8 Å². The van der Waals surface area contributed by atoms with E-state index in [1.54, 1.807) is 0 Å². The van der Waals surface area contributed by atoms with Gasteiger partial charge in [-0.2, -0.15) is 0 Å². The Morgan fingerprint density at radius 3 is 2.18 bits per heavy atom. The van der Waals surface area contributed by atoms with Crippen LogP contribution in [0.4, 0.5) is 0 Å². The molecule has 2 heterocycles. The van der Waals surface area contributed by atoms with Gasteiger partial charge in [-0.25, -0.2) is 0 Å². The molecule has 0 radical (unpaired) electrons. The molecule has 0 aromatic heterocycles. The highest BCUT2D eigenvalue weighted by molar-refractivity contribution is 6.45. The van der Waals surface area contributed by atoms with Gasteiger partial charge in [-0.3, -0.25) is 25.2 Å². The monoisotopic (exact) mass is 238 g/mol. The fourth-order valence-corrected chi connectivity index (χ4v) is 2.10. The molecule has 0 aromatic rings. The number of carbonyl (C=O) groups excluding carboxylic acids is 2. The van der Waals surface area contributed by atoms with Crippen LogP contribution >= 0.6 is 0 Å². The number of likely N-dealkylation sites (tertiary alicyclic amines) is 1. The fraction of sp³-hybridized carbons (Fsp3) is 0.727. The molecule has 17 heavy (non-hydrogen) atoms. The van der Waals surface area contributed by atoms with Crippen molar-refractivity contribution in [1.29, 1.82) is 0 Å². The number of hydrogen-bond acceptors (Lipinski definition) is 4. The summed E-state index contributed by atoms with van der Waals surface area (Å²) in [5, 5.41) is 4.77. The molecule has 0 spiro atoms. The lowest BCUT2D eigenvalue weighted by Crippen LogP contribution is -2.30. The molecule has 2 N–H and O–H groups in total. The van der Waals surface area contributed by atoms with Crippen molar-refractivity contribution >= 4 is 17.8 Å². The highest BCUT2D eigenvalue weighted by Gasteiger charge is 2.24. The van der Waals surface area contributed by atoms with Crippen LogP contribution in [-0.2, 0) is 9.59 Å². The molecular weight excluding hydrogens is 220 g/mol. The van der Waals surface area contributed by atoms with Crippen LogP contribution in [0.3, 0.4) is 0 Å². The van der Waals surface area contributed by atoms with Crippen molar-refractivity contribution in [2.45, 2.75) is 25.7 Å². The van der Waals surface area contributed by atoms with Crippen molar-refractivity contribution in [3.05, 3.63) is 0 Å². The number of nitrogens with zero attached hydrogens (tertiary/aromatic N) is 2. The molecule has 0 aliphatic carbocycles. The van der Waals surface area contributed by atoms with Crippen LogP contribution in [0.1, 0.15) is 25.7 Å². The van der Waals surface area contributed by atoms with E-state index in [0.717, 1.165) is 19.6 Å². The summed E-state index contributed by atoms with van der Waals surface area (Å²) in [6, 6.07) is 0. The summed E-state index contributed by atoms with van der Waals surface area (Å²) in [5.74, 6) is -0.966. The van der Waals surface area contributed by atoms with Gasteiger partial charge >= 0.3 is 11.8 Å². The topological polar surface area (TPSA) is 73.8 Å². The summed E-state index contributed by atoms with van der Waals surface area (Å²) in [6.07, 6.45) is 5.14. The molecule has 0 saturated carbocycles. The molecule has 2 saturated heterocycles. The Morgan fingerprint density at radius 2 is 1.59 bits per heavy atom. The lowest BCUT2D eigenvalue weighted by Gasteiger charge is -2.18. The molecule has 6 nitrogen and oxygen atoms in total. The van der Waals surface area contributed by atoms with Crippen molar-refractivity contribution in [2.24, 2.45) is 4.99 Å². The summed E-state index contributed by atoms with van der Waals surface area (Å²) < 4.78 is 0. The summed E-state index contributed by atoms with van der Waals surface area (Å²) in [4.78, 5) is 28.3. The minimum Gasteiger partial charge on any atom is -0.301 e. The van der Waals surface area contributed by atoms with Gasteiger partial charge in [0, 0.05) is 6.54 Å². The van der Waals surface area contributed by atoms with Gasteiger partial charge in [-0.15, -0.1) is 0 Å². The smallest absolute Gasteiger partial charge is 0.301 e. The fourth-order valence-electron chi connectivity index (χ4n) is 2.10. The third-order valence-electron chi connectivity index (χ3n) is 3.05. The number of amides is 2. The van der Waals surface area contributed by atoms with Crippen molar-refractivity contribution in [1.82, 2.24) is 15.5 Å². The number of carbonyl (C=O) groups is 2. The van der Waals surface area contributed by atoms with Gasteiger partial charge in [0.15, 0.2) is 0 Å². The third kappa shape index (κ3) is 3.52. The molecule has 2 aliphatic rings. The number of nitrogens with one attached hydrogen (secondary N) is 2. The van der Waals surface area contributed by atoms with Gasteiger partial charge in [-0.05, 0) is 25.9 Å². The Balaban J connectivity index is 1.73. The maximum atomic E-state index is 10.9. The predicted octanol–water partition coefficient (Wildman–Crippen LogP) is -0.536. The van der Waals surface area contributed by atoms with Gasteiger partial charge in [0.25, 0.3) is 0 Å². The molecule has 0 atom stereocenters. The number of guanidine groups is 1. The summed E-state index contributed by atoms with van der Waals surface area (Å²) in [5.41, 5.74) is 0. The Morgan fingerprint density at radius 1 is 1.00 bits per heavy atom. The van der Waals surface area contributed by atoms with Crippen molar-refractivity contribution in [2.75, 3.05) is 26.2 Å². The van der Waals surface area contributed by atoms with E-state index in [4.69, 9.17) is 0 Å². The standard InChI is InChI=1S/C11H18N4O2/c16-9-10(17)14-11(13-9)12-5-8-15-6-3-1-2-4-7-15/h1-8H2,(H2,12,13,14,16,17). The van der Waals surface area contributed by atoms with Gasteiger partial charge in [0.1, 0.15) is 0 Å². The van der Waals surface area contributed by atoms with Crippen LogP contribution in [0, 0.1) is 0 Å².